The molecule has 1 atom stereocenters. The fraction of sp³-hybridized carbons (Fsp3) is 0.571. The van der Waals surface area contributed by atoms with Gasteiger partial charge in [-0.1, -0.05) is 12.1 Å². The van der Waals surface area contributed by atoms with Gasteiger partial charge in [-0.3, -0.25) is 4.90 Å². The zero-order chi connectivity index (χ0) is 13.3. The van der Waals surface area contributed by atoms with Crippen LogP contribution in [0.5, 0.6) is 0 Å². The number of hydrogen-bond acceptors (Lipinski definition) is 3. The average Bonchev–Trinajstić information content (AvgIpc) is 2.38. The Hall–Kier alpha value is -0.750. The Bertz CT molecular complexity index is 478. The van der Waals surface area contributed by atoms with E-state index in [4.69, 9.17) is 4.55 Å². The molecule has 0 amide bonds. The predicted octanol–water partition coefficient (Wildman–Crippen LogP) is 1.45. The zero-order valence-electron chi connectivity index (χ0n) is 11.0. The van der Waals surface area contributed by atoms with Gasteiger partial charge in [0.1, 0.15) is 0 Å². The summed E-state index contributed by atoms with van der Waals surface area (Å²) in [5.41, 5.74) is 1.70. The van der Waals surface area contributed by atoms with Gasteiger partial charge in [0.2, 0.25) is 0 Å². The molecular formula is C14H20N2O2S. The van der Waals surface area contributed by atoms with Crippen molar-refractivity contribution in [3.63, 3.8) is 0 Å². The Morgan fingerprint density at radius 1 is 1.32 bits per heavy atom. The Morgan fingerprint density at radius 2 is 2.05 bits per heavy atom. The first kappa shape index (κ1) is 13.2. The van der Waals surface area contributed by atoms with E-state index in [9.17, 15) is 4.21 Å². The molecule has 0 radical (unpaired) electrons. The largest absolute Gasteiger partial charge is 0.316 e. The number of nitrogens with zero attached hydrogens (tertiary/aromatic N) is 1. The van der Waals surface area contributed by atoms with Crippen molar-refractivity contribution in [3.05, 3.63) is 29.8 Å². The smallest absolute Gasteiger partial charge is 0.186 e. The second-order valence-electron chi connectivity index (χ2n) is 5.78. The quantitative estimate of drug-likeness (QED) is 0.823. The Morgan fingerprint density at radius 3 is 2.63 bits per heavy atom. The summed E-state index contributed by atoms with van der Waals surface area (Å²) in [7, 11) is 0. The summed E-state index contributed by atoms with van der Waals surface area (Å²) in [4.78, 5) is 2.94. The maximum absolute atomic E-state index is 11.1. The SMILES string of the molecule is O=S(O)c1cccc(CN2CCC3(CC2)CNC3)c1. The molecule has 2 fully saturated rings. The maximum Gasteiger partial charge on any atom is 0.186 e. The van der Waals surface area contributed by atoms with Gasteiger partial charge < -0.3 is 9.87 Å². The predicted molar refractivity (Wildman–Crippen MR) is 75.3 cm³/mol. The first-order valence-corrected chi connectivity index (χ1v) is 7.91. The summed E-state index contributed by atoms with van der Waals surface area (Å²) < 4.78 is 20.2. The van der Waals surface area contributed by atoms with E-state index in [1.165, 1.54) is 25.9 Å². The second kappa shape index (κ2) is 5.32. The van der Waals surface area contributed by atoms with Crippen molar-refractivity contribution in [2.24, 2.45) is 5.41 Å². The minimum absolute atomic E-state index is 0.495. The van der Waals surface area contributed by atoms with E-state index >= 15 is 0 Å². The number of hydrogen-bond donors (Lipinski definition) is 2. The van der Waals surface area contributed by atoms with E-state index in [0.717, 1.165) is 25.2 Å². The number of likely N-dealkylation sites (tertiary alicyclic amines) is 1. The van der Waals surface area contributed by atoms with E-state index < -0.39 is 11.1 Å². The first-order valence-electron chi connectivity index (χ1n) is 6.80. The third-order valence-electron chi connectivity index (χ3n) is 4.42. The topological polar surface area (TPSA) is 52.6 Å². The van der Waals surface area contributed by atoms with Crippen LogP contribution < -0.4 is 5.32 Å². The zero-order valence-corrected chi connectivity index (χ0v) is 11.8. The standard InChI is InChI=1S/C14H20N2O2S/c17-19(18)13-3-1-2-12(8-13)9-16-6-4-14(5-7-16)10-15-11-14/h1-3,8,15H,4-7,9-11H2,(H,17,18). The first-order chi connectivity index (χ1) is 9.17. The maximum atomic E-state index is 11.1. The molecule has 0 aliphatic carbocycles. The monoisotopic (exact) mass is 280 g/mol. The van der Waals surface area contributed by atoms with Crippen LogP contribution >= 0.6 is 0 Å². The third-order valence-corrected chi connectivity index (χ3v) is 5.08. The molecule has 2 heterocycles. The van der Waals surface area contributed by atoms with E-state index in [1.54, 1.807) is 6.07 Å². The molecule has 5 heteroatoms. The van der Waals surface area contributed by atoms with Gasteiger partial charge in [0.05, 0.1) is 4.90 Å². The molecule has 2 aliphatic rings. The van der Waals surface area contributed by atoms with Gasteiger partial charge >= 0.3 is 0 Å². The highest BCUT2D eigenvalue weighted by Crippen LogP contribution is 2.35. The van der Waals surface area contributed by atoms with Crippen molar-refractivity contribution in [2.75, 3.05) is 26.2 Å². The molecule has 1 unspecified atom stereocenters. The molecule has 19 heavy (non-hydrogen) atoms. The number of nitrogens with one attached hydrogen (secondary N) is 1. The van der Waals surface area contributed by atoms with Crippen LogP contribution in [-0.4, -0.2) is 39.8 Å². The summed E-state index contributed by atoms with van der Waals surface area (Å²) >= 11 is -1.88. The van der Waals surface area contributed by atoms with E-state index in [0.29, 0.717) is 10.3 Å². The van der Waals surface area contributed by atoms with Crippen molar-refractivity contribution in [1.29, 1.82) is 0 Å². The van der Waals surface area contributed by atoms with E-state index in [-0.39, 0.29) is 0 Å². The van der Waals surface area contributed by atoms with Gasteiger partial charge in [0.15, 0.2) is 11.1 Å². The lowest BCUT2D eigenvalue weighted by atomic mass is 9.73. The normalized spacial score (nSPS) is 24.1. The molecule has 3 rings (SSSR count). The minimum atomic E-state index is -1.88. The molecule has 1 aromatic carbocycles. The lowest BCUT2D eigenvalue weighted by molar-refractivity contribution is 0.0520. The van der Waals surface area contributed by atoms with Crippen molar-refractivity contribution < 1.29 is 8.76 Å². The third kappa shape index (κ3) is 2.89. The Balaban J connectivity index is 1.60. The van der Waals surface area contributed by atoms with Gasteiger partial charge in [-0.05, 0) is 49.0 Å². The Kier molecular flexibility index (Phi) is 3.71. The second-order valence-corrected chi connectivity index (χ2v) is 6.75. The van der Waals surface area contributed by atoms with Crippen LogP contribution in [0.25, 0.3) is 0 Å². The van der Waals surface area contributed by atoms with Crippen molar-refractivity contribution in [3.8, 4) is 0 Å². The molecule has 0 aromatic heterocycles. The molecule has 104 valence electrons. The summed E-state index contributed by atoms with van der Waals surface area (Å²) in [6, 6.07) is 7.43. The molecule has 2 aliphatic heterocycles. The molecule has 4 nitrogen and oxygen atoms in total. The van der Waals surface area contributed by atoms with E-state index in [2.05, 4.69) is 10.2 Å². The minimum Gasteiger partial charge on any atom is -0.316 e. The fourth-order valence-corrected chi connectivity index (χ4v) is 3.48. The summed E-state index contributed by atoms with van der Waals surface area (Å²) in [5.74, 6) is 0. The van der Waals surface area contributed by atoms with Gasteiger partial charge in [0.25, 0.3) is 0 Å². The molecule has 2 N–H and O–H groups in total. The molecule has 0 saturated carbocycles. The fourth-order valence-electron chi connectivity index (χ4n) is 3.03. The number of piperidine rings is 1. The highest BCUT2D eigenvalue weighted by Gasteiger charge is 2.39. The van der Waals surface area contributed by atoms with Crippen LogP contribution in [0.3, 0.4) is 0 Å². The Labute approximate surface area is 116 Å². The van der Waals surface area contributed by atoms with E-state index in [1.807, 2.05) is 18.2 Å². The highest BCUT2D eigenvalue weighted by molar-refractivity contribution is 7.79. The van der Waals surface area contributed by atoms with Crippen molar-refractivity contribution in [1.82, 2.24) is 10.2 Å². The number of benzene rings is 1. The van der Waals surface area contributed by atoms with Crippen LogP contribution in [0.1, 0.15) is 18.4 Å². The summed E-state index contributed by atoms with van der Waals surface area (Å²) in [6.07, 6.45) is 2.54. The number of rotatable bonds is 3. The summed E-state index contributed by atoms with van der Waals surface area (Å²) in [6.45, 7) is 5.51. The van der Waals surface area contributed by atoms with Crippen LogP contribution in [0, 0.1) is 5.41 Å². The van der Waals surface area contributed by atoms with Crippen molar-refractivity contribution >= 4 is 11.1 Å². The van der Waals surface area contributed by atoms with Crippen molar-refractivity contribution in [2.45, 2.75) is 24.3 Å². The lowest BCUT2D eigenvalue weighted by Gasteiger charge is -2.48. The molecule has 1 spiro atoms. The highest BCUT2D eigenvalue weighted by atomic mass is 32.2. The molecular weight excluding hydrogens is 260 g/mol. The lowest BCUT2D eigenvalue weighted by Crippen LogP contribution is -2.58. The molecule has 2 saturated heterocycles. The molecule has 1 aromatic rings. The van der Waals surface area contributed by atoms with Gasteiger partial charge in [-0.2, -0.15) is 0 Å². The van der Waals surface area contributed by atoms with Gasteiger partial charge in [-0.15, -0.1) is 0 Å². The van der Waals surface area contributed by atoms with Gasteiger partial charge in [-0.25, -0.2) is 4.21 Å². The van der Waals surface area contributed by atoms with Gasteiger partial charge in [0, 0.05) is 19.6 Å². The summed E-state index contributed by atoms with van der Waals surface area (Å²) in [5, 5.41) is 3.38. The van der Waals surface area contributed by atoms with Crippen LogP contribution in [0.4, 0.5) is 0 Å². The van der Waals surface area contributed by atoms with Crippen LogP contribution in [-0.2, 0) is 17.6 Å². The van der Waals surface area contributed by atoms with Crippen LogP contribution in [0.2, 0.25) is 0 Å². The average molecular weight is 280 g/mol. The van der Waals surface area contributed by atoms with Crippen LogP contribution in [0.15, 0.2) is 29.2 Å². The molecule has 0 bridgehead atoms.